The molecule has 6 nitrogen and oxygen atoms in total. The lowest BCUT2D eigenvalue weighted by molar-refractivity contribution is 0.0699. The third kappa shape index (κ3) is 4.24. The van der Waals surface area contributed by atoms with Gasteiger partial charge in [-0.2, -0.15) is 0 Å². The summed E-state index contributed by atoms with van der Waals surface area (Å²) in [6.07, 6.45) is 0. The van der Waals surface area contributed by atoms with Crippen molar-refractivity contribution in [3.05, 3.63) is 12.1 Å². The van der Waals surface area contributed by atoms with Crippen LogP contribution in [0.2, 0.25) is 6.04 Å². The molecule has 0 fully saturated rings. The Bertz CT molecular complexity index is 346. The minimum Gasteiger partial charge on any atom is -0.494 e. The summed E-state index contributed by atoms with van der Waals surface area (Å²) in [6.45, 7) is 7.59. The molecule has 0 saturated heterocycles. The lowest BCUT2D eigenvalue weighted by Crippen LogP contribution is -2.46. The monoisotopic (exact) mass is 289 g/mol. The van der Waals surface area contributed by atoms with Crippen LogP contribution in [0.1, 0.15) is 20.8 Å². The van der Waals surface area contributed by atoms with E-state index in [4.69, 9.17) is 13.3 Å². The Kier molecular flexibility index (Phi) is 6.36. The summed E-state index contributed by atoms with van der Waals surface area (Å²) in [6, 6.07) is 3.39. The summed E-state index contributed by atoms with van der Waals surface area (Å²) in [7, 11) is -2.74. The number of aromatic nitrogens is 1. The predicted molar refractivity (Wildman–Crippen MR) is 73.2 cm³/mol. The van der Waals surface area contributed by atoms with Gasteiger partial charge >= 0.3 is 8.80 Å². The molecule has 1 aromatic rings. The topological polar surface area (TPSA) is 73.1 Å². The van der Waals surface area contributed by atoms with Gasteiger partial charge in [-0.15, -0.1) is 0 Å². The molecule has 19 heavy (non-hydrogen) atoms. The maximum atomic E-state index is 9.61. The lowest BCUT2D eigenvalue weighted by atomic mass is 10.6. The summed E-state index contributed by atoms with van der Waals surface area (Å²) >= 11 is 0. The molecule has 0 spiro atoms. The molecule has 110 valence electrons. The van der Waals surface area contributed by atoms with Gasteiger partial charge in [-0.05, 0) is 20.8 Å². The molecule has 2 N–H and O–H groups in total. The molecular weight excluding hydrogens is 266 g/mol. The van der Waals surface area contributed by atoms with Crippen LogP contribution < -0.4 is 0 Å². The van der Waals surface area contributed by atoms with E-state index in [0.29, 0.717) is 32.4 Å². The van der Waals surface area contributed by atoms with E-state index in [0.717, 1.165) is 0 Å². The van der Waals surface area contributed by atoms with E-state index in [1.807, 2.05) is 20.8 Å². The van der Waals surface area contributed by atoms with E-state index >= 15 is 0 Å². The summed E-state index contributed by atoms with van der Waals surface area (Å²) in [5, 5.41) is 19.2. The van der Waals surface area contributed by atoms with Crippen LogP contribution in [0.5, 0.6) is 11.8 Å². The van der Waals surface area contributed by atoms with Gasteiger partial charge < -0.3 is 23.5 Å². The molecule has 1 heterocycles. The van der Waals surface area contributed by atoms with Crippen LogP contribution in [0.4, 0.5) is 0 Å². The highest BCUT2D eigenvalue weighted by Gasteiger charge is 2.40. The van der Waals surface area contributed by atoms with Gasteiger partial charge in [-0.3, -0.25) is 4.57 Å². The van der Waals surface area contributed by atoms with Crippen molar-refractivity contribution in [2.24, 2.45) is 0 Å². The van der Waals surface area contributed by atoms with Crippen molar-refractivity contribution in [3.8, 4) is 11.8 Å². The Morgan fingerprint density at radius 2 is 1.37 bits per heavy atom. The van der Waals surface area contributed by atoms with Crippen molar-refractivity contribution >= 4 is 8.80 Å². The quantitative estimate of drug-likeness (QED) is 0.680. The van der Waals surface area contributed by atoms with Gasteiger partial charge in [-0.1, -0.05) is 0 Å². The molecule has 0 radical (unpaired) electrons. The molecule has 0 amide bonds. The SMILES string of the molecule is CCO[Si](CCn1c(O)ccc1O)(OCC)OCC. The second kappa shape index (κ2) is 7.54. The molecule has 0 aliphatic rings. The standard InChI is InChI=1S/C12H23NO5Si/c1-4-16-19(17-5-2,18-6-3)10-9-13-11(14)7-8-12(13)15/h7-8,14-15H,4-6,9-10H2,1-3H3. The van der Waals surface area contributed by atoms with E-state index < -0.39 is 8.80 Å². The summed E-state index contributed by atoms with van der Waals surface area (Å²) in [5.41, 5.74) is 0. The van der Waals surface area contributed by atoms with Crippen LogP contribution in [0, 0.1) is 0 Å². The molecule has 1 aromatic heterocycles. The highest BCUT2D eigenvalue weighted by molar-refractivity contribution is 6.60. The fourth-order valence-corrected chi connectivity index (χ4v) is 4.43. The van der Waals surface area contributed by atoms with E-state index in [2.05, 4.69) is 0 Å². The van der Waals surface area contributed by atoms with Gasteiger partial charge in [0.15, 0.2) is 11.8 Å². The Balaban J connectivity index is 2.76. The number of aromatic hydroxyl groups is 2. The fourth-order valence-electron chi connectivity index (χ4n) is 1.93. The molecule has 0 bridgehead atoms. The van der Waals surface area contributed by atoms with Crippen LogP contribution in [0.25, 0.3) is 0 Å². The predicted octanol–water partition coefficient (Wildman–Crippen LogP) is 1.95. The van der Waals surface area contributed by atoms with Crippen LogP contribution >= 0.6 is 0 Å². The Labute approximate surface area is 114 Å². The number of rotatable bonds is 9. The van der Waals surface area contributed by atoms with Crippen molar-refractivity contribution in [1.82, 2.24) is 4.57 Å². The van der Waals surface area contributed by atoms with Crippen LogP contribution in [-0.4, -0.2) is 43.4 Å². The van der Waals surface area contributed by atoms with Crippen molar-refractivity contribution in [2.75, 3.05) is 19.8 Å². The second-order valence-corrected chi connectivity index (χ2v) is 6.67. The summed E-state index contributed by atoms with van der Waals surface area (Å²) in [4.78, 5) is 0. The highest BCUT2D eigenvalue weighted by Crippen LogP contribution is 2.24. The molecule has 7 heteroatoms. The van der Waals surface area contributed by atoms with Crippen molar-refractivity contribution in [3.63, 3.8) is 0 Å². The zero-order valence-corrected chi connectivity index (χ0v) is 12.8. The number of hydrogen-bond donors (Lipinski definition) is 2. The molecule has 0 aromatic carbocycles. The Hall–Kier alpha value is -1.02. The first-order chi connectivity index (χ1) is 9.08. The minimum atomic E-state index is -2.74. The fraction of sp³-hybridized carbons (Fsp3) is 0.667. The lowest BCUT2D eigenvalue weighted by Gasteiger charge is -2.28. The molecule has 1 rings (SSSR count). The molecule has 0 aliphatic carbocycles. The van der Waals surface area contributed by atoms with Gasteiger partial charge in [0.1, 0.15) is 0 Å². The van der Waals surface area contributed by atoms with E-state index in [9.17, 15) is 10.2 Å². The zero-order valence-electron chi connectivity index (χ0n) is 11.8. The largest absolute Gasteiger partial charge is 0.502 e. The minimum absolute atomic E-state index is 0.0184. The molecular formula is C12H23NO5Si. The van der Waals surface area contributed by atoms with E-state index in [1.54, 1.807) is 0 Å². The second-order valence-electron chi connectivity index (χ2n) is 3.93. The van der Waals surface area contributed by atoms with Gasteiger partial charge in [0.05, 0.1) is 0 Å². The maximum absolute atomic E-state index is 9.61. The van der Waals surface area contributed by atoms with Crippen molar-refractivity contribution in [2.45, 2.75) is 33.4 Å². The maximum Gasteiger partial charge on any atom is 0.502 e. The van der Waals surface area contributed by atoms with E-state index in [1.165, 1.54) is 16.7 Å². The van der Waals surface area contributed by atoms with Gasteiger partial charge in [0.2, 0.25) is 0 Å². The smallest absolute Gasteiger partial charge is 0.494 e. The van der Waals surface area contributed by atoms with Crippen molar-refractivity contribution in [1.29, 1.82) is 0 Å². The summed E-state index contributed by atoms with van der Waals surface area (Å²) < 4.78 is 18.5. The van der Waals surface area contributed by atoms with E-state index in [-0.39, 0.29) is 11.8 Å². The number of nitrogens with zero attached hydrogens (tertiary/aromatic N) is 1. The summed E-state index contributed by atoms with van der Waals surface area (Å²) in [5.74, 6) is 0.0368. The Morgan fingerprint density at radius 1 is 0.947 bits per heavy atom. The normalized spacial score (nSPS) is 11.9. The first-order valence-corrected chi connectivity index (χ1v) is 8.51. The first kappa shape index (κ1) is 16.0. The van der Waals surface area contributed by atoms with Crippen LogP contribution in [0.3, 0.4) is 0 Å². The Morgan fingerprint density at radius 3 is 1.74 bits per heavy atom. The van der Waals surface area contributed by atoms with Crippen LogP contribution in [-0.2, 0) is 19.8 Å². The number of hydrogen-bond acceptors (Lipinski definition) is 5. The molecule has 0 saturated carbocycles. The first-order valence-electron chi connectivity index (χ1n) is 6.57. The van der Waals surface area contributed by atoms with Gasteiger partial charge in [0.25, 0.3) is 0 Å². The average molecular weight is 289 g/mol. The third-order valence-corrected chi connectivity index (χ3v) is 5.69. The third-order valence-electron chi connectivity index (χ3n) is 2.67. The molecule has 0 unspecified atom stereocenters. The molecule has 0 aliphatic heterocycles. The average Bonchev–Trinajstić information content (AvgIpc) is 2.68. The van der Waals surface area contributed by atoms with Crippen molar-refractivity contribution < 1.29 is 23.5 Å². The van der Waals surface area contributed by atoms with Gasteiger partial charge in [0, 0.05) is 44.5 Å². The van der Waals surface area contributed by atoms with Gasteiger partial charge in [-0.25, -0.2) is 0 Å². The zero-order chi connectivity index (χ0) is 14.3. The molecule has 0 atom stereocenters. The highest BCUT2D eigenvalue weighted by atomic mass is 28.4. The van der Waals surface area contributed by atoms with Crippen LogP contribution in [0.15, 0.2) is 12.1 Å².